The number of ketones is 1. The van der Waals surface area contributed by atoms with Gasteiger partial charge in [0.15, 0.2) is 5.78 Å². The molecule has 0 atom stereocenters. The molecule has 3 aromatic rings. The molecule has 0 unspecified atom stereocenters. The summed E-state index contributed by atoms with van der Waals surface area (Å²) in [5, 5.41) is 7.95. The summed E-state index contributed by atoms with van der Waals surface area (Å²) in [6, 6.07) is 20.2. The van der Waals surface area contributed by atoms with Gasteiger partial charge in [0.05, 0.1) is 12.0 Å². The molecule has 0 aromatic heterocycles. The van der Waals surface area contributed by atoms with Crippen LogP contribution in [0.25, 0.3) is 11.1 Å². The average molecular weight is 451 g/mol. The smallest absolute Gasteiger partial charge is 0.248 e. The average Bonchev–Trinajstić information content (AvgIpc) is 2.78. The Bertz CT molecular complexity index is 1250. The maximum absolute atomic E-state index is 12.2. The van der Waals surface area contributed by atoms with Crippen LogP contribution < -0.4 is 15.2 Å². The van der Waals surface area contributed by atoms with Crippen LogP contribution in [0.15, 0.2) is 89.8 Å². The fourth-order valence-corrected chi connectivity index (χ4v) is 3.80. The van der Waals surface area contributed by atoms with E-state index < -0.39 is 15.9 Å². The molecule has 1 amide bonds. The molecule has 8 heteroatoms. The van der Waals surface area contributed by atoms with E-state index in [9.17, 15) is 18.0 Å². The number of nitrogens with one attached hydrogen (secondary N) is 1. The van der Waals surface area contributed by atoms with Gasteiger partial charge in [-0.1, -0.05) is 42.5 Å². The zero-order valence-corrected chi connectivity index (χ0v) is 18.1. The van der Waals surface area contributed by atoms with Gasteiger partial charge in [0.1, 0.15) is 5.75 Å². The minimum absolute atomic E-state index is 0.0367. The highest BCUT2D eigenvalue weighted by molar-refractivity contribution is 7.89. The second-order valence-electron chi connectivity index (χ2n) is 6.93. The Labute approximate surface area is 186 Å². The number of amides is 1. The van der Waals surface area contributed by atoms with Crippen molar-refractivity contribution in [3.8, 4) is 16.9 Å². The number of hydrogen-bond acceptors (Lipinski definition) is 5. The Hall–Kier alpha value is -3.75. The largest absolute Gasteiger partial charge is 0.497 e. The summed E-state index contributed by atoms with van der Waals surface area (Å²) in [6.07, 6.45) is 2.51. The van der Waals surface area contributed by atoms with Gasteiger partial charge in [0.25, 0.3) is 0 Å². The van der Waals surface area contributed by atoms with Gasteiger partial charge < -0.3 is 10.1 Å². The molecule has 0 radical (unpaired) electrons. The Kier molecular flexibility index (Phi) is 7.19. The second kappa shape index (κ2) is 10.0. The van der Waals surface area contributed by atoms with Crippen LogP contribution in [0, 0.1) is 0 Å². The molecule has 7 nitrogen and oxygen atoms in total. The minimum Gasteiger partial charge on any atom is -0.497 e. The number of hydrogen-bond donors (Lipinski definition) is 2. The molecule has 0 aliphatic heterocycles. The van der Waals surface area contributed by atoms with E-state index in [0.717, 1.165) is 5.56 Å². The quantitative estimate of drug-likeness (QED) is 0.511. The lowest BCUT2D eigenvalue weighted by Gasteiger charge is -2.08. The van der Waals surface area contributed by atoms with Crippen LogP contribution >= 0.6 is 0 Å². The van der Waals surface area contributed by atoms with Gasteiger partial charge in [-0.25, -0.2) is 13.6 Å². The van der Waals surface area contributed by atoms with Crippen molar-refractivity contribution in [3.05, 3.63) is 90.5 Å². The van der Waals surface area contributed by atoms with Crippen LogP contribution in [0.3, 0.4) is 0 Å². The number of anilines is 1. The van der Waals surface area contributed by atoms with Gasteiger partial charge >= 0.3 is 0 Å². The molecule has 0 fully saturated rings. The molecule has 0 spiro atoms. The van der Waals surface area contributed by atoms with Crippen molar-refractivity contribution in [3.63, 3.8) is 0 Å². The number of carbonyl (C=O) groups is 2. The van der Waals surface area contributed by atoms with E-state index in [1.807, 2.05) is 0 Å². The summed E-state index contributed by atoms with van der Waals surface area (Å²) in [5.41, 5.74) is 2.47. The van der Waals surface area contributed by atoms with E-state index in [1.165, 1.54) is 18.2 Å². The van der Waals surface area contributed by atoms with Crippen molar-refractivity contribution in [2.45, 2.75) is 11.3 Å². The third-order valence-corrected chi connectivity index (χ3v) is 5.58. The maximum atomic E-state index is 12.2. The molecular formula is C24H22N2O5S. The van der Waals surface area contributed by atoms with Gasteiger partial charge in [0.2, 0.25) is 15.9 Å². The first-order chi connectivity index (χ1) is 15.3. The predicted molar refractivity (Wildman–Crippen MR) is 123 cm³/mol. The minimum atomic E-state index is -3.86. The molecule has 0 heterocycles. The molecule has 164 valence electrons. The van der Waals surface area contributed by atoms with E-state index >= 15 is 0 Å². The summed E-state index contributed by atoms with van der Waals surface area (Å²) >= 11 is 0. The van der Waals surface area contributed by atoms with E-state index in [0.29, 0.717) is 22.6 Å². The summed E-state index contributed by atoms with van der Waals surface area (Å²) < 4.78 is 28.7. The number of sulfonamides is 1. The predicted octanol–water partition coefficient (Wildman–Crippen LogP) is 3.32. The zero-order chi connectivity index (χ0) is 23.1. The van der Waals surface area contributed by atoms with Gasteiger partial charge in [-0.3, -0.25) is 9.59 Å². The molecule has 0 saturated heterocycles. The van der Waals surface area contributed by atoms with Gasteiger partial charge in [-0.2, -0.15) is 0 Å². The monoisotopic (exact) mass is 450 g/mol. The molecule has 0 aliphatic rings. The van der Waals surface area contributed by atoms with Crippen LogP contribution in [0.1, 0.15) is 5.56 Å². The Balaban J connectivity index is 1.62. The number of carbonyl (C=O) groups excluding carboxylic acids is 2. The molecular weight excluding hydrogens is 428 g/mol. The van der Waals surface area contributed by atoms with E-state index in [1.54, 1.807) is 73.8 Å². The van der Waals surface area contributed by atoms with Crippen LogP contribution in [0.4, 0.5) is 5.69 Å². The van der Waals surface area contributed by atoms with Crippen molar-refractivity contribution in [1.29, 1.82) is 0 Å². The Morgan fingerprint density at radius 3 is 2.22 bits per heavy atom. The highest BCUT2D eigenvalue weighted by Crippen LogP contribution is 2.26. The second-order valence-corrected chi connectivity index (χ2v) is 8.46. The Morgan fingerprint density at radius 1 is 0.938 bits per heavy atom. The fourth-order valence-electron chi connectivity index (χ4n) is 3.04. The first-order valence-corrected chi connectivity index (χ1v) is 11.2. The summed E-state index contributed by atoms with van der Waals surface area (Å²) in [4.78, 5) is 24.2. The normalized spacial score (nSPS) is 11.3. The van der Waals surface area contributed by atoms with Gasteiger partial charge in [0, 0.05) is 23.7 Å². The van der Waals surface area contributed by atoms with Crippen LogP contribution in [-0.4, -0.2) is 27.2 Å². The zero-order valence-electron chi connectivity index (χ0n) is 17.3. The molecule has 3 rings (SSSR count). The van der Waals surface area contributed by atoms with Crippen molar-refractivity contribution >= 4 is 27.4 Å². The molecule has 3 N–H and O–H groups in total. The number of benzene rings is 3. The number of rotatable bonds is 8. The van der Waals surface area contributed by atoms with Crippen molar-refractivity contribution < 1.29 is 22.7 Å². The molecule has 3 aromatic carbocycles. The third kappa shape index (κ3) is 6.13. The number of nitrogens with two attached hydrogens (primary N) is 1. The molecule has 0 aliphatic carbocycles. The van der Waals surface area contributed by atoms with E-state index in [-0.39, 0.29) is 17.1 Å². The first-order valence-electron chi connectivity index (χ1n) is 9.63. The topological polar surface area (TPSA) is 116 Å². The van der Waals surface area contributed by atoms with Crippen molar-refractivity contribution in [2.24, 2.45) is 5.14 Å². The number of primary sulfonamides is 1. The van der Waals surface area contributed by atoms with Crippen molar-refractivity contribution in [1.82, 2.24) is 0 Å². The standard InChI is InChI=1S/C24H22N2O5S/c1-31-21-13-10-19(11-14-21)26-24(28)15-12-20(27)16-17-6-8-18(9-7-17)22-4-2-3-5-23(22)32(25,29)30/h2-15H,16H2,1H3,(H,26,28)(H2,25,29,30)/b15-12-. The lowest BCUT2D eigenvalue weighted by Crippen LogP contribution is -2.13. The first kappa shape index (κ1) is 22.9. The summed E-state index contributed by atoms with van der Waals surface area (Å²) in [6.45, 7) is 0. The maximum Gasteiger partial charge on any atom is 0.248 e. The lowest BCUT2D eigenvalue weighted by molar-refractivity contribution is -0.115. The SMILES string of the molecule is COc1ccc(NC(=O)/C=C\C(=O)Cc2ccc(-c3ccccc3S(N)(=O)=O)cc2)cc1. The van der Waals surface area contributed by atoms with Crippen LogP contribution in [0.5, 0.6) is 5.75 Å². The Morgan fingerprint density at radius 2 is 1.59 bits per heavy atom. The van der Waals surface area contributed by atoms with Crippen LogP contribution in [0.2, 0.25) is 0 Å². The number of ether oxygens (including phenoxy) is 1. The van der Waals surface area contributed by atoms with E-state index in [2.05, 4.69) is 5.32 Å². The number of allylic oxidation sites excluding steroid dienone is 1. The fraction of sp³-hybridized carbons (Fsp3) is 0.0833. The lowest BCUT2D eigenvalue weighted by atomic mass is 10.0. The molecule has 32 heavy (non-hydrogen) atoms. The summed E-state index contributed by atoms with van der Waals surface area (Å²) in [5.74, 6) is 0.0129. The van der Waals surface area contributed by atoms with Crippen LogP contribution in [-0.2, 0) is 26.0 Å². The third-order valence-electron chi connectivity index (χ3n) is 4.62. The highest BCUT2D eigenvalue weighted by Gasteiger charge is 2.14. The van der Waals surface area contributed by atoms with Crippen molar-refractivity contribution in [2.75, 3.05) is 12.4 Å². The number of methoxy groups -OCH3 is 1. The molecule has 0 bridgehead atoms. The summed E-state index contributed by atoms with van der Waals surface area (Å²) in [7, 11) is -2.31. The van der Waals surface area contributed by atoms with Gasteiger partial charge in [-0.15, -0.1) is 0 Å². The molecule has 0 saturated carbocycles. The van der Waals surface area contributed by atoms with E-state index in [4.69, 9.17) is 9.88 Å². The van der Waals surface area contributed by atoms with Gasteiger partial charge in [-0.05, 0) is 47.5 Å². The highest BCUT2D eigenvalue weighted by atomic mass is 32.2.